The Balaban J connectivity index is 2.21. The summed E-state index contributed by atoms with van der Waals surface area (Å²) in [6.07, 6.45) is 0. The van der Waals surface area contributed by atoms with Gasteiger partial charge in [-0.25, -0.2) is 0 Å². The van der Waals surface area contributed by atoms with Gasteiger partial charge in [0, 0.05) is 0 Å². The molecule has 0 unspecified atom stereocenters. The molecule has 0 fully saturated rings. The lowest BCUT2D eigenvalue weighted by Crippen LogP contribution is -1.97. The van der Waals surface area contributed by atoms with Gasteiger partial charge in [-0.3, -0.25) is 10.1 Å². The molecule has 0 radical (unpaired) electrons. The standard InChI is InChI=1S/C13H9Cl2NO3/c14-10-6-11(15)13(7-12(10)16(17)18)19-8-9-4-2-1-3-5-9/h1-7H,8H2. The molecule has 0 N–H and O–H groups in total. The van der Waals surface area contributed by atoms with Gasteiger partial charge in [-0.15, -0.1) is 0 Å². The van der Waals surface area contributed by atoms with E-state index in [9.17, 15) is 10.1 Å². The number of nitro benzene ring substituents is 1. The second kappa shape index (κ2) is 5.91. The molecule has 6 heteroatoms. The zero-order valence-corrected chi connectivity index (χ0v) is 11.2. The molecular formula is C13H9Cl2NO3. The number of hydrogen-bond acceptors (Lipinski definition) is 3. The minimum Gasteiger partial charge on any atom is -0.487 e. The van der Waals surface area contributed by atoms with E-state index in [0.717, 1.165) is 5.56 Å². The summed E-state index contributed by atoms with van der Waals surface area (Å²) in [4.78, 5) is 10.2. The van der Waals surface area contributed by atoms with Crippen LogP contribution in [-0.4, -0.2) is 4.92 Å². The number of halogens is 2. The third kappa shape index (κ3) is 3.36. The van der Waals surface area contributed by atoms with Gasteiger partial charge >= 0.3 is 0 Å². The Bertz CT molecular complexity index is 602. The van der Waals surface area contributed by atoms with Crippen LogP contribution in [0.15, 0.2) is 42.5 Å². The van der Waals surface area contributed by atoms with E-state index in [1.165, 1.54) is 12.1 Å². The first-order chi connectivity index (χ1) is 9.08. The molecule has 0 aliphatic heterocycles. The fourth-order valence-corrected chi connectivity index (χ4v) is 2.01. The minimum atomic E-state index is -0.575. The quantitative estimate of drug-likeness (QED) is 0.617. The van der Waals surface area contributed by atoms with Gasteiger partial charge in [0.2, 0.25) is 0 Å². The van der Waals surface area contributed by atoms with Crippen LogP contribution in [0.2, 0.25) is 10.0 Å². The van der Waals surface area contributed by atoms with Crippen molar-refractivity contribution in [3.8, 4) is 5.75 Å². The molecule has 2 aromatic rings. The van der Waals surface area contributed by atoms with Crippen molar-refractivity contribution in [1.82, 2.24) is 0 Å². The number of ether oxygens (including phenoxy) is 1. The normalized spacial score (nSPS) is 10.2. The first-order valence-corrected chi connectivity index (χ1v) is 6.13. The third-order valence-corrected chi connectivity index (χ3v) is 3.03. The minimum absolute atomic E-state index is 0.0120. The molecule has 0 saturated heterocycles. The van der Waals surface area contributed by atoms with E-state index in [4.69, 9.17) is 27.9 Å². The van der Waals surface area contributed by atoms with E-state index in [-0.39, 0.29) is 28.1 Å². The topological polar surface area (TPSA) is 52.4 Å². The Kier molecular flexibility index (Phi) is 4.24. The van der Waals surface area contributed by atoms with E-state index in [0.29, 0.717) is 0 Å². The molecular weight excluding hydrogens is 289 g/mol. The van der Waals surface area contributed by atoms with Crippen molar-refractivity contribution in [1.29, 1.82) is 0 Å². The lowest BCUT2D eigenvalue weighted by molar-refractivity contribution is -0.384. The van der Waals surface area contributed by atoms with Crippen molar-refractivity contribution in [3.63, 3.8) is 0 Å². The zero-order chi connectivity index (χ0) is 13.8. The highest BCUT2D eigenvalue weighted by molar-refractivity contribution is 6.36. The fourth-order valence-electron chi connectivity index (χ4n) is 1.50. The average molecular weight is 298 g/mol. The van der Waals surface area contributed by atoms with Gasteiger partial charge in [0.05, 0.1) is 16.0 Å². The van der Waals surface area contributed by atoms with Crippen LogP contribution in [-0.2, 0) is 6.61 Å². The molecule has 0 aliphatic rings. The predicted molar refractivity (Wildman–Crippen MR) is 73.9 cm³/mol. The second-order valence-corrected chi connectivity index (χ2v) is 4.58. The number of rotatable bonds is 4. The average Bonchev–Trinajstić information content (AvgIpc) is 2.38. The molecule has 0 amide bonds. The molecule has 0 aromatic heterocycles. The fraction of sp³-hybridized carbons (Fsp3) is 0.0769. The molecule has 19 heavy (non-hydrogen) atoms. The largest absolute Gasteiger partial charge is 0.487 e. The molecule has 0 spiro atoms. The van der Waals surface area contributed by atoms with Gasteiger partial charge in [0.15, 0.2) is 0 Å². The van der Waals surface area contributed by atoms with E-state index in [1.54, 1.807) is 0 Å². The maximum Gasteiger partial charge on any atom is 0.291 e. The Morgan fingerprint density at radius 3 is 2.42 bits per heavy atom. The molecule has 4 nitrogen and oxygen atoms in total. The first-order valence-electron chi connectivity index (χ1n) is 5.38. The second-order valence-electron chi connectivity index (χ2n) is 3.77. The Hall–Kier alpha value is -1.78. The third-order valence-electron chi connectivity index (χ3n) is 2.44. The smallest absolute Gasteiger partial charge is 0.291 e. The van der Waals surface area contributed by atoms with Crippen LogP contribution in [0.5, 0.6) is 5.75 Å². The van der Waals surface area contributed by atoms with Gasteiger partial charge in [0.1, 0.15) is 17.4 Å². The van der Waals surface area contributed by atoms with Gasteiger partial charge in [0.25, 0.3) is 5.69 Å². The van der Waals surface area contributed by atoms with Crippen molar-refractivity contribution in [3.05, 3.63) is 68.2 Å². The van der Waals surface area contributed by atoms with Crippen molar-refractivity contribution in [2.24, 2.45) is 0 Å². The number of nitrogens with zero attached hydrogens (tertiary/aromatic N) is 1. The maximum atomic E-state index is 10.8. The van der Waals surface area contributed by atoms with Crippen LogP contribution in [0.4, 0.5) is 5.69 Å². The van der Waals surface area contributed by atoms with Crippen LogP contribution in [0.25, 0.3) is 0 Å². The van der Waals surface area contributed by atoms with E-state index < -0.39 is 4.92 Å². The lowest BCUT2D eigenvalue weighted by Gasteiger charge is -2.08. The van der Waals surface area contributed by atoms with Crippen molar-refractivity contribution >= 4 is 28.9 Å². The van der Waals surface area contributed by atoms with Crippen molar-refractivity contribution in [2.75, 3.05) is 0 Å². The summed E-state index contributed by atoms with van der Waals surface area (Å²) in [5.74, 6) is 0.238. The molecule has 0 aliphatic carbocycles. The van der Waals surface area contributed by atoms with Crippen LogP contribution < -0.4 is 4.74 Å². The molecule has 0 atom stereocenters. The number of nitro groups is 1. The Labute approximate surface area is 119 Å². The highest BCUT2D eigenvalue weighted by Gasteiger charge is 2.17. The highest BCUT2D eigenvalue weighted by Crippen LogP contribution is 2.35. The summed E-state index contributed by atoms with van der Waals surface area (Å²) in [5.41, 5.74) is 0.713. The summed E-state index contributed by atoms with van der Waals surface area (Å²) in [7, 11) is 0. The maximum absolute atomic E-state index is 10.8. The summed E-state index contributed by atoms with van der Waals surface area (Å²) in [5, 5.41) is 11.0. The molecule has 2 rings (SSSR count). The van der Waals surface area contributed by atoms with E-state index in [1.807, 2.05) is 30.3 Å². The monoisotopic (exact) mass is 297 g/mol. The predicted octanol–water partition coefficient (Wildman–Crippen LogP) is 4.48. The van der Waals surface area contributed by atoms with Crippen LogP contribution in [0, 0.1) is 10.1 Å². The molecule has 0 heterocycles. The molecule has 0 bridgehead atoms. The highest BCUT2D eigenvalue weighted by atomic mass is 35.5. The van der Waals surface area contributed by atoms with Crippen LogP contribution in [0.3, 0.4) is 0 Å². The van der Waals surface area contributed by atoms with Crippen molar-refractivity contribution < 1.29 is 9.66 Å². The van der Waals surface area contributed by atoms with Gasteiger partial charge in [-0.05, 0) is 11.6 Å². The first kappa shape index (κ1) is 13.6. The number of hydrogen-bond donors (Lipinski definition) is 0. The zero-order valence-electron chi connectivity index (χ0n) is 9.68. The Morgan fingerprint density at radius 1 is 1.11 bits per heavy atom. The lowest BCUT2D eigenvalue weighted by atomic mass is 10.2. The van der Waals surface area contributed by atoms with Gasteiger partial charge in [-0.2, -0.15) is 0 Å². The molecule has 2 aromatic carbocycles. The summed E-state index contributed by atoms with van der Waals surface area (Å²) >= 11 is 11.7. The summed E-state index contributed by atoms with van der Waals surface area (Å²) in [6.45, 7) is 0.277. The summed E-state index contributed by atoms with van der Waals surface area (Å²) in [6, 6.07) is 12.0. The van der Waals surface area contributed by atoms with Crippen LogP contribution in [0.1, 0.15) is 5.56 Å². The van der Waals surface area contributed by atoms with E-state index in [2.05, 4.69) is 0 Å². The molecule has 0 saturated carbocycles. The van der Waals surface area contributed by atoms with Crippen molar-refractivity contribution in [2.45, 2.75) is 6.61 Å². The number of benzene rings is 2. The SMILES string of the molecule is O=[N+]([O-])c1cc(OCc2ccccc2)c(Cl)cc1Cl. The Morgan fingerprint density at radius 2 is 1.79 bits per heavy atom. The van der Waals surface area contributed by atoms with Gasteiger partial charge in [-0.1, -0.05) is 53.5 Å². The van der Waals surface area contributed by atoms with Gasteiger partial charge < -0.3 is 4.74 Å². The van der Waals surface area contributed by atoms with Crippen LogP contribution >= 0.6 is 23.2 Å². The molecule has 98 valence electrons. The van der Waals surface area contributed by atoms with E-state index >= 15 is 0 Å². The summed E-state index contributed by atoms with van der Waals surface area (Å²) < 4.78 is 5.47.